The highest BCUT2D eigenvalue weighted by Gasteiger charge is 1.95. The molecule has 1 aliphatic carbocycles. The molecule has 0 spiro atoms. The van der Waals surface area contributed by atoms with Gasteiger partial charge in [-0.15, -0.1) is 0 Å². The van der Waals surface area contributed by atoms with Crippen LogP contribution in [0.4, 0.5) is 0 Å². The lowest BCUT2D eigenvalue weighted by Gasteiger charge is -2.05. The number of carbonyl (C=O) groups is 2. The maximum Gasteiger partial charge on any atom is 0.290 e. The molecule has 3 aromatic heterocycles. The third kappa shape index (κ3) is 53.4. The van der Waals surface area contributed by atoms with Gasteiger partial charge in [-0.3, -0.25) is 15.3 Å². The predicted octanol–water partition coefficient (Wildman–Crippen LogP) is 2.23. The molecule has 0 atom stereocenters. The van der Waals surface area contributed by atoms with E-state index in [2.05, 4.69) is 35.6 Å². The largest absolute Gasteiger partial charge is 0.483 e. The summed E-state index contributed by atoms with van der Waals surface area (Å²) in [5, 5.41) is 18.9. The lowest BCUT2D eigenvalue weighted by Crippen LogP contribution is -1.85. The van der Waals surface area contributed by atoms with E-state index in [4.69, 9.17) is 35.1 Å². The molecule has 0 unspecified atom stereocenters. The summed E-state index contributed by atoms with van der Waals surface area (Å²) in [5.74, 6) is 0. The van der Waals surface area contributed by atoms with E-state index < -0.39 is 0 Å². The SMILES string of the molecule is C1CCC1.C=O.CN.Cc1cnc[nH]1.Cc1cnc[nH]1.Cc1cnc[nH]1.N.O.O=CO.O=O.OO. The topological polar surface area (TPSA) is 308 Å². The summed E-state index contributed by atoms with van der Waals surface area (Å²) in [7, 11) is 1.50. The van der Waals surface area contributed by atoms with Gasteiger partial charge in [0.15, 0.2) is 0 Å². The minimum atomic E-state index is -0.250. The Morgan fingerprint density at radius 2 is 0.943 bits per heavy atom. The Morgan fingerprint density at radius 3 is 0.971 bits per heavy atom. The molecule has 0 bridgehead atoms. The molecule has 16 heteroatoms. The summed E-state index contributed by atoms with van der Waals surface area (Å²) in [6, 6.07) is 0. The number of aromatic nitrogens is 6. The van der Waals surface area contributed by atoms with Crippen LogP contribution < -0.4 is 11.9 Å². The number of hydrogen-bond acceptors (Lipinski definition) is 11. The van der Waals surface area contributed by atoms with Crippen LogP contribution in [-0.4, -0.2) is 71.3 Å². The first-order valence-corrected chi connectivity index (χ1v) is 9.26. The van der Waals surface area contributed by atoms with Crippen molar-refractivity contribution in [3.63, 3.8) is 0 Å². The quantitative estimate of drug-likeness (QED) is 0.122. The van der Waals surface area contributed by atoms with E-state index in [-0.39, 0.29) is 18.1 Å². The Bertz CT molecular complexity index is 555. The number of nitrogens with one attached hydrogen (secondary N) is 3. The monoisotopic (exact) mass is 510 g/mol. The first-order valence-electron chi connectivity index (χ1n) is 9.26. The molecular weight excluding hydrogens is 468 g/mol. The molecule has 206 valence electrons. The van der Waals surface area contributed by atoms with Crippen LogP contribution in [-0.2, 0) is 9.59 Å². The zero-order valence-electron chi connectivity index (χ0n) is 20.7. The molecule has 0 amide bonds. The molecule has 4 rings (SSSR count). The lowest BCUT2D eigenvalue weighted by molar-refractivity contribution is -0.176. The fraction of sp³-hybridized carbons (Fsp3) is 0.421. The van der Waals surface area contributed by atoms with Crippen molar-refractivity contribution in [2.45, 2.75) is 46.5 Å². The van der Waals surface area contributed by atoms with E-state index in [0.717, 1.165) is 17.1 Å². The molecule has 1 saturated carbocycles. The van der Waals surface area contributed by atoms with Crippen molar-refractivity contribution in [2.24, 2.45) is 5.73 Å². The number of aromatic amines is 3. The minimum absolute atomic E-state index is 0. The van der Waals surface area contributed by atoms with E-state index in [1.165, 1.54) is 32.7 Å². The van der Waals surface area contributed by atoms with Gasteiger partial charge in [-0.1, -0.05) is 25.7 Å². The van der Waals surface area contributed by atoms with E-state index in [1.807, 2.05) is 27.6 Å². The van der Waals surface area contributed by atoms with Gasteiger partial charge in [0.2, 0.25) is 0 Å². The Morgan fingerprint density at radius 1 is 0.771 bits per heavy atom. The second-order valence-corrected chi connectivity index (χ2v) is 5.22. The number of aryl methyl sites for hydroxylation is 3. The molecule has 35 heavy (non-hydrogen) atoms. The molecule has 1 aliphatic rings. The van der Waals surface area contributed by atoms with Gasteiger partial charge in [0.05, 0.1) is 19.0 Å². The third-order valence-electron chi connectivity index (χ3n) is 2.90. The molecule has 3 aromatic rings. The van der Waals surface area contributed by atoms with Gasteiger partial charge in [-0.25, -0.2) is 15.0 Å². The Labute approximate surface area is 204 Å². The van der Waals surface area contributed by atoms with Gasteiger partial charge < -0.3 is 42.2 Å². The highest BCUT2D eigenvalue weighted by molar-refractivity contribution is 5.32. The average Bonchev–Trinajstić information content (AvgIpc) is 3.60. The molecule has 3 heterocycles. The van der Waals surface area contributed by atoms with Gasteiger partial charge in [0.25, 0.3) is 6.47 Å². The summed E-state index contributed by atoms with van der Waals surface area (Å²) in [6.07, 6.45) is 16.3. The van der Waals surface area contributed by atoms with Crippen LogP contribution in [0.25, 0.3) is 0 Å². The molecule has 13 N–H and O–H groups in total. The van der Waals surface area contributed by atoms with Crippen LogP contribution in [0.2, 0.25) is 0 Å². The van der Waals surface area contributed by atoms with Gasteiger partial charge in [0.1, 0.15) is 6.79 Å². The van der Waals surface area contributed by atoms with Crippen LogP contribution in [0.15, 0.2) is 37.6 Å². The normalized spacial score (nSPS) is 8.20. The standard InChI is InChI=1S/3C4H6N2.C4H8.CH5N.CH2O2.CH2O.H3N.H2O2.O2.H2O/c3*1-4-2-5-3-6-4;1-2-4-3-1;1-2;2-1-3;1-2;;2*1-2;/h3*2-3H,1H3,(H,5,6);1-4H2;2H2,1H3;1H,(H,2,3);1H2;1H3;1-2H;;1H2. The molecule has 0 aromatic carbocycles. The Balaban J connectivity index is -0.0000000523. The van der Waals surface area contributed by atoms with Crippen LogP contribution in [0.3, 0.4) is 0 Å². The van der Waals surface area contributed by atoms with E-state index in [1.54, 1.807) is 37.6 Å². The second-order valence-electron chi connectivity index (χ2n) is 5.22. The average molecular weight is 511 g/mol. The number of nitrogens with two attached hydrogens (primary N) is 1. The van der Waals surface area contributed by atoms with Crippen LogP contribution in [0.5, 0.6) is 0 Å². The fourth-order valence-electron chi connectivity index (χ4n) is 1.23. The van der Waals surface area contributed by atoms with Gasteiger partial charge >= 0.3 is 0 Å². The first kappa shape index (κ1) is 48.6. The second kappa shape index (κ2) is 52.2. The lowest BCUT2D eigenvalue weighted by atomic mass is 10.0. The summed E-state index contributed by atoms with van der Waals surface area (Å²) in [5.41, 5.74) is 7.82. The number of nitrogens with zero attached hydrogens (tertiary/aromatic N) is 3. The first-order chi connectivity index (χ1) is 16.1. The number of hydrogen-bond donors (Lipinski definition) is 8. The van der Waals surface area contributed by atoms with Crippen molar-refractivity contribution in [3.8, 4) is 0 Å². The number of carboxylic acid groups (broad SMARTS) is 1. The van der Waals surface area contributed by atoms with Crippen LogP contribution >= 0.6 is 0 Å². The van der Waals surface area contributed by atoms with Crippen molar-refractivity contribution in [1.82, 2.24) is 36.1 Å². The van der Waals surface area contributed by atoms with Crippen LogP contribution in [0.1, 0.15) is 42.8 Å². The summed E-state index contributed by atoms with van der Waals surface area (Å²) < 4.78 is 0. The van der Waals surface area contributed by atoms with E-state index >= 15 is 0 Å². The van der Waals surface area contributed by atoms with Gasteiger partial charge in [-0.2, -0.15) is 0 Å². The van der Waals surface area contributed by atoms with Crippen molar-refractivity contribution in [3.05, 3.63) is 64.6 Å². The van der Waals surface area contributed by atoms with Crippen molar-refractivity contribution >= 4 is 13.3 Å². The van der Waals surface area contributed by atoms with Gasteiger partial charge in [0, 0.05) is 45.6 Å². The van der Waals surface area contributed by atoms with E-state index in [0.29, 0.717) is 0 Å². The molecular formula is C19H42N8O8. The summed E-state index contributed by atoms with van der Waals surface area (Å²) in [4.78, 5) is 50.3. The Hall–Kier alpha value is -3.83. The smallest absolute Gasteiger partial charge is 0.290 e. The van der Waals surface area contributed by atoms with Crippen molar-refractivity contribution in [1.29, 1.82) is 0 Å². The minimum Gasteiger partial charge on any atom is -0.483 e. The maximum atomic E-state index is 8.36. The molecule has 1 fully saturated rings. The number of rotatable bonds is 0. The highest BCUT2D eigenvalue weighted by atomic mass is 17.0. The van der Waals surface area contributed by atoms with Crippen molar-refractivity contribution in [2.75, 3.05) is 7.05 Å². The molecule has 0 saturated heterocycles. The van der Waals surface area contributed by atoms with Gasteiger partial charge in [-0.05, 0) is 27.8 Å². The summed E-state index contributed by atoms with van der Waals surface area (Å²) in [6.45, 7) is 7.65. The number of carbonyl (C=O) groups excluding carboxylic acids is 1. The Kier molecular flexibility index (Phi) is 72.5. The van der Waals surface area contributed by atoms with Crippen LogP contribution in [0, 0.1) is 30.7 Å². The third-order valence-corrected chi connectivity index (χ3v) is 2.90. The predicted molar refractivity (Wildman–Crippen MR) is 135 cm³/mol. The van der Waals surface area contributed by atoms with Crippen molar-refractivity contribution < 1.29 is 30.7 Å². The molecule has 0 radical (unpaired) electrons. The molecule has 16 nitrogen and oxygen atoms in total. The number of imidazole rings is 3. The maximum absolute atomic E-state index is 8.36. The molecule has 0 aliphatic heterocycles. The zero-order valence-corrected chi connectivity index (χ0v) is 20.7. The zero-order chi connectivity index (χ0) is 26.8. The van der Waals surface area contributed by atoms with E-state index in [9.17, 15) is 0 Å². The highest BCUT2D eigenvalue weighted by Crippen LogP contribution is 2.15. The summed E-state index contributed by atoms with van der Waals surface area (Å²) >= 11 is 0. The fourth-order valence-corrected chi connectivity index (χ4v) is 1.23. The number of H-pyrrole nitrogens is 3.